The Morgan fingerprint density at radius 3 is 2.64 bits per heavy atom. The Morgan fingerprint density at radius 1 is 1.21 bits per heavy atom. The fourth-order valence-electron chi connectivity index (χ4n) is 1.43. The maximum absolute atomic E-state index is 11.2. The second-order valence-electron chi connectivity index (χ2n) is 3.12. The number of hydrogen-bond donors (Lipinski definition) is 2. The third-order valence-corrected chi connectivity index (χ3v) is 2.07. The molecule has 0 aromatic rings. The van der Waals surface area contributed by atoms with Gasteiger partial charge in [-0.1, -0.05) is 0 Å². The molecule has 3 N–H and O–H groups in total. The monoisotopic (exact) mass is 193 g/mol. The minimum atomic E-state index is -0.757. The van der Waals surface area contributed by atoms with Gasteiger partial charge in [0, 0.05) is 12.8 Å². The summed E-state index contributed by atoms with van der Waals surface area (Å²) in [6.07, 6.45) is 0.232. The number of aliphatic imine (C=N–C) groups is 1. The van der Waals surface area contributed by atoms with Crippen molar-refractivity contribution in [2.45, 2.75) is 12.8 Å². The van der Waals surface area contributed by atoms with Crippen LogP contribution < -0.4 is 11.1 Å². The van der Waals surface area contributed by atoms with Crippen LogP contribution in [-0.2, 0) is 14.4 Å². The molecular formula is C8H7N3O3. The molecule has 0 saturated heterocycles. The first-order chi connectivity index (χ1) is 6.58. The quantitative estimate of drug-likeness (QED) is 0.463. The van der Waals surface area contributed by atoms with Gasteiger partial charge in [0.05, 0.1) is 0 Å². The zero-order valence-electron chi connectivity index (χ0n) is 7.16. The van der Waals surface area contributed by atoms with E-state index in [-0.39, 0.29) is 24.4 Å². The van der Waals surface area contributed by atoms with E-state index >= 15 is 0 Å². The highest BCUT2D eigenvalue weighted by molar-refractivity contribution is 6.39. The molecule has 0 radical (unpaired) electrons. The summed E-state index contributed by atoms with van der Waals surface area (Å²) >= 11 is 0. The number of ketones is 1. The Labute approximate surface area is 78.9 Å². The number of amides is 2. The number of nitrogens with zero attached hydrogens (tertiary/aromatic N) is 1. The zero-order chi connectivity index (χ0) is 10.3. The molecule has 0 aromatic heterocycles. The van der Waals surface area contributed by atoms with E-state index in [1.165, 1.54) is 0 Å². The van der Waals surface area contributed by atoms with Gasteiger partial charge in [-0.2, -0.15) is 4.99 Å². The van der Waals surface area contributed by atoms with Crippen molar-refractivity contribution in [3.63, 3.8) is 0 Å². The molecule has 0 aliphatic carbocycles. The van der Waals surface area contributed by atoms with Crippen molar-refractivity contribution in [3.8, 4) is 0 Å². The van der Waals surface area contributed by atoms with Crippen LogP contribution in [0, 0.1) is 0 Å². The van der Waals surface area contributed by atoms with E-state index in [4.69, 9.17) is 5.73 Å². The number of amidine groups is 1. The van der Waals surface area contributed by atoms with Crippen molar-refractivity contribution in [2.24, 2.45) is 10.7 Å². The first-order valence-corrected chi connectivity index (χ1v) is 4.01. The Balaban J connectivity index is 2.39. The zero-order valence-corrected chi connectivity index (χ0v) is 7.16. The molecule has 0 saturated carbocycles. The molecule has 0 spiro atoms. The fraction of sp³-hybridized carbons (Fsp3) is 0.250. The molecule has 0 bridgehead atoms. The van der Waals surface area contributed by atoms with E-state index in [0.29, 0.717) is 5.57 Å². The fourth-order valence-corrected chi connectivity index (χ4v) is 1.43. The smallest absolute Gasteiger partial charge is 0.295 e. The van der Waals surface area contributed by atoms with Crippen LogP contribution in [0.5, 0.6) is 0 Å². The molecule has 6 nitrogen and oxygen atoms in total. The maximum Gasteiger partial charge on any atom is 0.295 e. The van der Waals surface area contributed by atoms with E-state index in [1.807, 2.05) is 0 Å². The summed E-state index contributed by atoms with van der Waals surface area (Å²) in [6.45, 7) is 0. The van der Waals surface area contributed by atoms with Crippen LogP contribution >= 0.6 is 0 Å². The topological polar surface area (TPSA) is 102 Å². The highest BCUT2D eigenvalue weighted by Crippen LogP contribution is 2.21. The number of dihydropyridines is 1. The number of hydrogen-bond acceptors (Lipinski definition) is 4. The Hall–Kier alpha value is -1.98. The second-order valence-corrected chi connectivity index (χ2v) is 3.12. The molecule has 0 aromatic carbocycles. The number of rotatable bonds is 0. The highest BCUT2D eigenvalue weighted by atomic mass is 16.2. The lowest BCUT2D eigenvalue weighted by molar-refractivity contribution is -0.138. The molecule has 0 unspecified atom stereocenters. The number of nitrogens with two attached hydrogens (primary N) is 1. The van der Waals surface area contributed by atoms with Gasteiger partial charge in [0.2, 0.25) is 5.78 Å². The third-order valence-electron chi connectivity index (χ3n) is 2.07. The van der Waals surface area contributed by atoms with E-state index in [0.717, 1.165) is 0 Å². The molecule has 72 valence electrons. The minimum absolute atomic E-state index is 0.0386. The van der Waals surface area contributed by atoms with Gasteiger partial charge < -0.3 is 11.1 Å². The van der Waals surface area contributed by atoms with Crippen molar-refractivity contribution in [3.05, 3.63) is 11.3 Å². The van der Waals surface area contributed by atoms with Gasteiger partial charge in [-0.3, -0.25) is 14.4 Å². The lowest BCUT2D eigenvalue weighted by Crippen LogP contribution is -2.41. The summed E-state index contributed by atoms with van der Waals surface area (Å²) < 4.78 is 0. The van der Waals surface area contributed by atoms with Gasteiger partial charge in [-0.15, -0.1) is 0 Å². The molecular weight excluding hydrogens is 186 g/mol. The first kappa shape index (κ1) is 8.61. The van der Waals surface area contributed by atoms with Gasteiger partial charge >= 0.3 is 0 Å². The third kappa shape index (κ3) is 1.20. The molecule has 0 fully saturated rings. The summed E-state index contributed by atoms with van der Waals surface area (Å²) in [5.74, 6) is -1.71. The summed E-state index contributed by atoms with van der Waals surface area (Å²) in [5, 5.41) is 2.22. The van der Waals surface area contributed by atoms with Gasteiger partial charge in [0.15, 0.2) is 0 Å². The van der Waals surface area contributed by atoms with E-state index < -0.39 is 17.6 Å². The summed E-state index contributed by atoms with van der Waals surface area (Å²) in [5.41, 5.74) is 6.05. The molecule has 2 aliphatic heterocycles. The van der Waals surface area contributed by atoms with Crippen LogP contribution in [0.3, 0.4) is 0 Å². The molecule has 2 heterocycles. The van der Waals surface area contributed by atoms with Gasteiger partial charge in [0.25, 0.3) is 11.8 Å². The first-order valence-electron chi connectivity index (χ1n) is 4.01. The Kier molecular flexibility index (Phi) is 1.70. The van der Waals surface area contributed by atoms with Crippen LogP contribution in [0.4, 0.5) is 0 Å². The summed E-state index contributed by atoms with van der Waals surface area (Å²) in [6, 6.07) is 0. The highest BCUT2D eigenvalue weighted by Gasteiger charge is 2.31. The number of carbonyl (C=O) groups excluding carboxylic acids is 3. The van der Waals surface area contributed by atoms with E-state index in [9.17, 15) is 14.4 Å². The predicted octanol–water partition coefficient (Wildman–Crippen LogP) is -1.38. The molecule has 2 amide bonds. The standard InChI is InChI=1S/C8H7N3O3/c9-5-2-3-1-4(12)7(13)11-6(3)8(14)10-5/h1-2H2,(H,11,13)(H2,9,10,14). The summed E-state index contributed by atoms with van der Waals surface area (Å²) in [7, 11) is 0. The normalized spacial score (nSPS) is 21.7. The van der Waals surface area contributed by atoms with Crippen molar-refractivity contribution in [1.29, 1.82) is 0 Å². The van der Waals surface area contributed by atoms with Crippen molar-refractivity contribution in [2.75, 3.05) is 0 Å². The lowest BCUT2D eigenvalue weighted by atomic mass is 9.97. The van der Waals surface area contributed by atoms with E-state index in [1.54, 1.807) is 0 Å². The predicted molar refractivity (Wildman–Crippen MR) is 46.0 cm³/mol. The van der Waals surface area contributed by atoms with E-state index in [2.05, 4.69) is 10.3 Å². The maximum atomic E-state index is 11.2. The van der Waals surface area contributed by atoms with Crippen LogP contribution in [-0.4, -0.2) is 23.4 Å². The molecule has 14 heavy (non-hydrogen) atoms. The summed E-state index contributed by atoms with van der Waals surface area (Å²) in [4.78, 5) is 36.7. The molecule has 6 heteroatoms. The minimum Gasteiger partial charge on any atom is -0.387 e. The largest absolute Gasteiger partial charge is 0.387 e. The van der Waals surface area contributed by atoms with Crippen molar-refractivity contribution >= 4 is 23.4 Å². The lowest BCUT2D eigenvalue weighted by Gasteiger charge is -2.20. The van der Waals surface area contributed by atoms with Gasteiger partial charge in [0.1, 0.15) is 11.5 Å². The van der Waals surface area contributed by atoms with Crippen molar-refractivity contribution in [1.82, 2.24) is 5.32 Å². The Bertz CT molecular complexity index is 420. The number of nitrogens with one attached hydrogen (secondary N) is 1. The molecule has 2 rings (SSSR count). The van der Waals surface area contributed by atoms with Crippen LogP contribution in [0.1, 0.15) is 12.8 Å². The van der Waals surface area contributed by atoms with Crippen LogP contribution in [0.2, 0.25) is 0 Å². The average molecular weight is 193 g/mol. The van der Waals surface area contributed by atoms with Crippen LogP contribution in [0.15, 0.2) is 16.3 Å². The molecule has 0 atom stereocenters. The number of Topliss-reactive ketones (excluding diaryl/α,β-unsaturated/α-hetero) is 1. The van der Waals surface area contributed by atoms with Crippen molar-refractivity contribution < 1.29 is 14.4 Å². The molecule has 2 aliphatic rings. The second kappa shape index (κ2) is 2.76. The average Bonchev–Trinajstić information content (AvgIpc) is 2.08. The van der Waals surface area contributed by atoms with Crippen LogP contribution in [0.25, 0.3) is 0 Å². The number of carbonyl (C=O) groups is 3. The SMILES string of the molecule is NC1=NC(=O)C2=C(CC(=O)C(=O)N2)C1. The van der Waals surface area contributed by atoms with Gasteiger partial charge in [-0.25, -0.2) is 0 Å². The van der Waals surface area contributed by atoms with Gasteiger partial charge in [-0.05, 0) is 5.57 Å². The Morgan fingerprint density at radius 2 is 1.93 bits per heavy atom.